The third kappa shape index (κ3) is 3.08. The molecule has 0 amide bonds. The molecule has 0 aliphatic heterocycles. The fourth-order valence-corrected chi connectivity index (χ4v) is 5.68. The maximum Gasteiger partial charge on any atom is 0.0487 e. The lowest BCUT2D eigenvalue weighted by Gasteiger charge is -2.42. The summed E-state index contributed by atoms with van der Waals surface area (Å²) >= 11 is 0. The molecule has 0 heterocycles. The van der Waals surface area contributed by atoms with Crippen LogP contribution in [0.3, 0.4) is 0 Å². The summed E-state index contributed by atoms with van der Waals surface area (Å²) in [5.41, 5.74) is 0.317. The van der Waals surface area contributed by atoms with Gasteiger partial charge in [-0.25, -0.2) is 0 Å². The third-order valence-corrected chi connectivity index (χ3v) is 7.05. The van der Waals surface area contributed by atoms with Gasteiger partial charge in [-0.1, -0.05) is 32.6 Å². The number of unbranched alkanes of at least 4 members (excludes halogenated alkanes) is 1. The van der Waals surface area contributed by atoms with E-state index in [2.05, 4.69) is 6.92 Å². The van der Waals surface area contributed by atoms with Crippen molar-refractivity contribution >= 4 is 0 Å². The lowest BCUT2D eigenvalue weighted by Crippen LogP contribution is -2.34. The largest absolute Gasteiger partial charge is 0.396 e. The molecule has 3 unspecified atom stereocenters. The van der Waals surface area contributed by atoms with Crippen molar-refractivity contribution < 1.29 is 5.11 Å². The molecule has 3 rings (SSSR count). The number of hydrogen-bond acceptors (Lipinski definition) is 1. The van der Waals surface area contributed by atoms with Crippen molar-refractivity contribution in [2.45, 2.75) is 84.0 Å². The van der Waals surface area contributed by atoms with Gasteiger partial charge in [0.25, 0.3) is 0 Å². The van der Waals surface area contributed by atoms with Crippen LogP contribution in [-0.2, 0) is 0 Å². The molecule has 116 valence electrons. The van der Waals surface area contributed by atoms with Gasteiger partial charge in [-0.3, -0.25) is 0 Å². The van der Waals surface area contributed by atoms with E-state index in [0.717, 1.165) is 23.7 Å². The second kappa shape index (κ2) is 6.38. The van der Waals surface area contributed by atoms with Crippen molar-refractivity contribution in [3.05, 3.63) is 0 Å². The van der Waals surface area contributed by atoms with E-state index >= 15 is 0 Å². The summed E-state index contributed by atoms with van der Waals surface area (Å²) in [5, 5.41) is 10.0. The van der Waals surface area contributed by atoms with Crippen molar-refractivity contribution in [1.82, 2.24) is 0 Å². The minimum atomic E-state index is 0.317. The Morgan fingerprint density at radius 3 is 2.40 bits per heavy atom. The Bertz CT molecular complexity index is 303. The summed E-state index contributed by atoms with van der Waals surface area (Å²) in [7, 11) is 0. The van der Waals surface area contributed by atoms with E-state index in [1.807, 2.05) is 0 Å². The highest BCUT2D eigenvalue weighted by atomic mass is 16.3. The molecule has 3 atom stereocenters. The van der Waals surface area contributed by atoms with E-state index in [0.29, 0.717) is 12.0 Å². The normalized spacial score (nSPS) is 44.1. The minimum Gasteiger partial charge on any atom is -0.396 e. The van der Waals surface area contributed by atoms with Gasteiger partial charge in [-0.2, -0.15) is 0 Å². The molecule has 0 aromatic carbocycles. The Labute approximate surface area is 125 Å². The molecule has 0 saturated heterocycles. The van der Waals surface area contributed by atoms with Gasteiger partial charge in [-0.05, 0) is 80.5 Å². The van der Waals surface area contributed by atoms with Gasteiger partial charge in [0.05, 0.1) is 0 Å². The Kier molecular flexibility index (Phi) is 4.75. The lowest BCUT2D eigenvalue weighted by atomic mass is 9.64. The Balaban J connectivity index is 1.51. The molecule has 1 nitrogen and oxygen atoms in total. The number of aliphatic hydroxyl groups is 1. The van der Waals surface area contributed by atoms with Crippen LogP contribution in [0.4, 0.5) is 0 Å². The second-order valence-electron chi connectivity index (χ2n) is 8.38. The van der Waals surface area contributed by atoms with E-state index in [1.54, 1.807) is 0 Å². The van der Waals surface area contributed by atoms with Gasteiger partial charge < -0.3 is 5.11 Å². The predicted molar refractivity (Wildman–Crippen MR) is 84.6 cm³/mol. The van der Waals surface area contributed by atoms with Crippen molar-refractivity contribution in [3.63, 3.8) is 0 Å². The average molecular weight is 278 g/mol. The highest BCUT2D eigenvalue weighted by molar-refractivity contribution is 4.95. The zero-order valence-electron chi connectivity index (χ0n) is 13.4. The monoisotopic (exact) mass is 278 g/mol. The van der Waals surface area contributed by atoms with Gasteiger partial charge in [0, 0.05) is 6.61 Å². The standard InChI is InChI=1S/C19H34O/c1-2-3-4-15-7-9-19(14-20,10-8-15)13-18-12-16-5-6-17(18)11-16/h15-18,20H,2-14H2,1H3. The first-order valence-corrected chi connectivity index (χ1v) is 9.35. The van der Waals surface area contributed by atoms with E-state index < -0.39 is 0 Å². The third-order valence-electron chi connectivity index (χ3n) is 7.05. The number of hydrogen-bond donors (Lipinski definition) is 1. The van der Waals surface area contributed by atoms with Crippen LogP contribution in [0.25, 0.3) is 0 Å². The van der Waals surface area contributed by atoms with Gasteiger partial charge in [0.2, 0.25) is 0 Å². The van der Waals surface area contributed by atoms with E-state index in [9.17, 15) is 5.11 Å². The molecule has 0 aromatic heterocycles. The fourth-order valence-electron chi connectivity index (χ4n) is 5.68. The topological polar surface area (TPSA) is 20.2 Å². The van der Waals surface area contributed by atoms with Crippen LogP contribution in [0, 0.1) is 29.1 Å². The molecule has 20 heavy (non-hydrogen) atoms. The molecule has 3 aliphatic rings. The predicted octanol–water partition coefficient (Wildman–Crippen LogP) is 5.17. The highest BCUT2D eigenvalue weighted by Gasteiger charge is 2.44. The van der Waals surface area contributed by atoms with Crippen molar-refractivity contribution in [3.8, 4) is 0 Å². The van der Waals surface area contributed by atoms with Crippen molar-refractivity contribution in [1.29, 1.82) is 0 Å². The van der Waals surface area contributed by atoms with Crippen LogP contribution in [0.1, 0.15) is 84.0 Å². The SMILES string of the molecule is CCCCC1CCC(CO)(CC2CC3CCC2C3)CC1. The Morgan fingerprint density at radius 1 is 1.05 bits per heavy atom. The number of rotatable bonds is 6. The van der Waals surface area contributed by atoms with E-state index in [1.165, 1.54) is 77.0 Å². The number of aliphatic hydroxyl groups excluding tert-OH is 1. The zero-order chi connectivity index (χ0) is 14.0. The van der Waals surface area contributed by atoms with Gasteiger partial charge >= 0.3 is 0 Å². The summed E-state index contributed by atoms with van der Waals surface area (Å²) in [5.74, 6) is 4.02. The first kappa shape index (κ1) is 14.9. The summed E-state index contributed by atoms with van der Waals surface area (Å²) in [6.07, 6.45) is 17.0. The summed E-state index contributed by atoms with van der Waals surface area (Å²) in [6, 6.07) is 0. The smallest absolute Gasteiger partial charge is 0.0487 e. The molecular weight excluding hydrogens is 244 g/mol. The maximum absolute atomic E-state index is 10.0. The van der Waals surface area contributed by atoms with E-state index in [4.69, 9.17) is 0 Å². The van der Waals surface area contributed by atoms with Crippen LogP contribution < -0.4 is 0 Å². The quantitative estimate of drug-likeness (QED) is 0.710. The van der Waals surface area contributed by atoms with Gasteiger partial charge in [0.15, 0.2) is 0 Å². The summed E-state index contributed by atoms with van der Waals surface area (Å²) in [6.45, 7) is 2.76. The number of fused-ring (bicyclic) bond motifs is 2. The van der Waals surface area contributed by atoms with Crippen LogP contribution in [0.5, 0.6) is 0 Å². The molecule has 2 bridgehead atoms. The second-order valence-corrected chi connectivity index (χ2v) is 8.38. The van der Waals surface area contributed by atoms with Crippen LogP contribution in [0.2, 0.25) is 0 Å². The molecule has 3 saturated carbocycles. The summed E-state index contributed by atoms with van der Waals surface area (Å²) in [4.78, 5) is 0. The molecule has 1 heteroatoms. The molecule has 0 aromatic rings. The van der Waals surface area contributed by atoms with Crippen LogP contribution in [0.15, 0.2) is 0 Å². The Hall–Kier alpha value is -0.0400. The molecule has 3 aliphatic carbocycles. The zero-order valence-corrected chi connectivity index (χ0v) is 13.4. The molecule has 1 N–H and O–H groups in total. The summed E-state index contributed by atoms with van der Waals surface area (Å²) < 4.78 is 0. The van der Waals surface area contributed by atoms with Gasteiger partial charge in [0.1, 0.15) is 0 Å². The maximum atomic E-state index is 10.0. The highest BCUT2D eigenvalue weighted by Crippen LogP contribution is 2.54. The lowest BCUT2D eigenvalue weighted by molar-refractivity contribution is 0.0301. The fraction of sp³-hybridized carbons (Fsp3) is 1.00. The van der Waals surface area contributed by atoms with Crippen molar-refractivity contribution in [2.75, 3.05) is 6.61 Å². The minimum absolute atomic E-state index is 0.317. The van der Waals surface area contributed by atoms with Crippen LogP contribution >= 0.6 is 0 Å². The van der Waals surface area contributed by atoms with Crippen LogP contribution in [-0.4, -0.2) is 11.7 Å². The van der Waals surface area contributed by atoms with Crippen molar-refractivity contribution in [2.24, 2.45) is 29.1 Å². The molecule has 3 fully saturated rings. The molecule has 0 spiro atoms. The average Bonchev–Trinajstić information content (AvgIpc) is 3.09. The van der Waals surface area contributed by atoms with Gasteiger partial charge in [-0.15, -0.1) is 0 Å². The van der Waals surface area contributed by atoms with E-state index in [-0.39, 0.29) is 0 Å². The molecular formula is C19H34O. The Morgan fingerprint density at radius 2 is 1.85 bits per heavy atom. The first-order chi connectivity index (χ1) is 9.74. The first-order valence-electron chi connectivity index (χ1n) is 9.35. The molecule has 0 radical (unpaired) electrons.